The maximum absolute atomic E-state index is 12.3. The van der Waals surface area contributed by atoms with Crippen molar-refractivity contribution < 1.29 is 36.2 Å². The molecule has 2 aliphatic heterocycles. The molecule has 0 unspecified atom stereocenters. The summed E-state index contributed by atoms with van der Waals surface area (Å²) in [5.41, 5.74) is 5.34. The second kappa shape index (κ2) is 18.3. The minimum atomic E-state index is -0.101. The summed E-state index contributed by atoms with van der Waals surface area (Å²) in [6.45, 7) is 3.55. The molecule has 2 aliphatic rings. The fraction of sp³-hybridized carbons (Fsp3) is 0.370. The number of esters is 1. The van der Waals surface area contributed by atoms with Gasteiger partial charge in [-0.2, -0.15) is 0 Å². The average Bonchev–Trinajstić information content (AvgIpc) is 2.84. The number of carbonyl (C=O) groups is 1. The van der Waals surface area contributed by atoms with Crippen molar-refractivity contribution in [2.45, 2.75) is 31.8 Å². The Balaban J connectivity index is 0. The van der Waals surface area contributed by atoms with E-state index >= 15 is 0 Å². The molecule has 2 aromatic carbocycles. The molecule has 2 aromatic rings. The fourth-order valence-corrected chi connectivity index (χ4v) is 4.22. The van der Waals surface area contributed by atoms with Crippen molar-refractivity contribution in [1.82, 2.24) is 4.90 Å². The van der Waals surface area contributed by atoms with Gasteiger partial charge in [-0.15, -0.1) is 12.8 Å². The van der Waals surface area contributed by atoms with Crippen molar-refractivity contribution in [3.8, 4) is 12.8 Å². The van der Waals surface area contributed by atoms with E-state index in [9.17, 15) is 4.79 Å². The topological polar surface area (TPSA) is 165 Å². The van der Waals surface area contributed by atoms with Gasteiger partial charge in [0.1, 0.15) is 6.10 Å². The van der Waals surface area contributed by atoms with Crippen LogP contribution in [0, 0.1) is 12.8 Å². The maximum atomic E-state index is 12.3. The molecule has 4 rings (SSSR count). The highest BCUT2D eigenvalue weighted by Crippen LogP contribution is 2.32. The van der Waals surface area contributed by atoms with Gasteiger partial charge < -0.3 is 31.4 Å². The summed E-state index contributed by atoms with van der Waals surface area (Å²) < 4.78 is 11.0. The minimum Gasteiger partial charge on any atom is -0.461 e. The van der Waals surface area contributed by atoms with Crippen molar-refractivity contribution in [2.24, 2.45) is 0 Å². The summed E-state index contributed by atoms with van der Waals surface area (Å²) in [6.07, 6.45) is 11.6. The molecule has 2 fully saturated rings. The number of carbonyl (C=O) groups excluding carboxylic acids is 1. The summed E-state index contributed by atoms with van der Waals surface area (Å²) in [5.74, 6) is -0.101. The first-order chi connectivity index (χ1) is 15.3. The highest BCUT2D eigenvalue weighted by Gasteiger charge is 2.23. The van der Waals surface area contributed by atoms with Crippen LogP contribution in [0.3, 0.4) is 0 Å². The van der Waals surface area contributed by atoms with E-state index in [1.54, 1.807) is 0 Å². The van der Waals surface area contributed by atoms with E-state index in [2.05, 4.69) is 78.4 Å². The van der Waals surface area contributed by atoms with Crippen molar-refractivity contribution in [2.75, 3.05) is 32.8 Å². The molecule has 0 aromatic heterocycles. The largest absolute Gasteiger partial charge is 0.461 e. The van der Waals surface area contributed by atoms with Crippen molar-refractivity contribution in [3.05, 3.63) is 77.4 Å². The predicted molar refractivity (Wildman–Crippen MR) is 139 cm³/mol. The molecule has 0 aliphatic carbocycles. The summed E-state index contributed by atoms with van der Waals surface area (Å²) in [4.78, 5) is 14.5. The Labute approximate surface area is 207 Å². The summed E-state index contributed by atoms with van der Waals surface area (Å²) >= 11 is 0. The van der Waals surface area contributed by atoms with Gasteiger partial charge in [-0.3, -0.25) is 9.69 Å². The molecule has 35 heavy (non-hydrogen) atoms. The van der Waals surface area contributed by atoms with E-state index in [4.69, 9.17) is 9.47 Å². The lowest BCUT2D eigenvalue weighted by Crippen LogP contribution is -2.38. The van der Waals surface area contributed by atoms with Gasteiger partial charge in [-0.1, -0.05) is 66.2 Å². The van der Waals surface area contributed by atoms with Crippen LogP contribution in [0.5, 0.6) is 0 Å². The summed E-state index contributed by atoms with van der Waals surface area (Å²) in [7, 11) is 0. The average molecular weight is 490 g/mol. The van der Waals surface area contributed by atoms with E-state index in [-0.39, 0.29) is 34.0 Å². The van der Waals surface area contributed by atoms with Crippen molar-refractivity contribution >= 4 is 11.5 Å². The first-order valence-corrected chi connectivity index (χ1v) is 11.0. The van der Waals surface area contributed by atoms with Crippen LogP contribution in [0.1, 0.15) is 36.8 Å². The zero-order chi connectivity index (χ0) is 21.9. The number of rotatable bonds is 5. The van der Waals surface area contributed by atoms with E-state index in [0.29, 0.717) is 19.8 Å². The molecule has 0 spiro atoms. The number of terminal acetylenes is 1. The molecule has 2 heterocycles. The van der Waals surface area contributed by atoms with Gasteiger partial charge in [0.05, 0.1) is 19.8 Å². The van der Waals surface area contributed by atoms with Crippen LogP contribution in [-0.4, -0.2) is 71.7 Å². The normalized spacial score (nSPS) is 15.3. The molecule has 0 saturated carbocycles. The van der Waals surface area contributed by atoms with E-state index < -0.39 is 0 Å². The van der Waals surface area contributed by atoms with Gasteiger partial charge in [0.15, 0.2) is 0 Å². The Hall–Kier alpha value is -3.03. The number of ether oxygens (including phenoxy) is 2. The zero-order valence-corrected chi connectivity index (χ0v) is 20.0. The fourth-order valence-electron chi connectivity index (χ4n) is 4.22. The van der Waals surface area contributed by atoms with E-state index in [1.807, 2.05) is 0 Å². The van der Waals surface area contributed by atoms with E-state index in [1.165, 1.54) is 22.3 Å². The molecule has 0 bridgehead atoms. The third kappa shape index (κ3) is 10.0. The molecular weight excluding hydrogens is 450 g/mol. The molecule has 0 atom stereocenters. The van der Waals surface area contributed by atoms with Crippen LogP contribution in [0.25, 0.3) is 5.57 Å². The Bertz CT molecular complexity index is 827. The summed E-state index contributed by atoms with van der Waals surface area (Å²) in [6, 6.07) is 21.3. The lowest BCUT2D eigenvalue weighted by Gasteiger charge is -2.30. The highest BCUT2D eigenvalue weighted by atomic mass is 16.6. The number of hydrogen-bond donors (Lipinski definition) is 0. The number of nitrogens with zero attached hydrogens (tertiary/aromatic N) is 1. The zero-order valence-electron chi connectivity index (χ0n) is 20.0. The van der Waals surface area contributed by atoms with Gasteiger partial charge in [-0.05, 0) is 29.5 Å². The quantitative estimate of drug-likeness (QED) is 0.456. The molecule has 2 saturated heterocycles. The molecule has 0 radical (unpaired) electrons. The summed E-state index contributed by atoms with van der Waals surface area (Å²) in [5, 5.41) is 0. The Morgan fingerprint density at radius 3 is 1.74 bits per heavy atom. The highest BCUT2D eigenvalue weighted by molar-refractivity contribution is 5.82. The SMILES string of the molecule is C#C.O.O.O.O.O=C(CN1CCC(=C(c2ccccc2)c2ccccc2)CC1)OC1CCOCC1. The van der Waals surface area contributed by atoms with Crippen LogP contribution >= 0.6 is 0 Å². The lowest BCUT2D eigenvalue weighted by molar-refractivity contribution is -0.154. The molecule has 8 nitrogen and oxygen atoms in total. The maximum Gasteiger partial charge on any atom is 0.320 e. The van der Waals surface area contributed by atoms with Crippen molar-refractivity contribution in [3.63, 3.8) is 0 Å². The Morgan fingerprint density at radius 1 is 0.829 bits per heavy atom. The van der Waals surface area contributed by atoms with Crippen LogP contribution in [-0.2, 0) is 14.3 Å². The third-order valence-corrected chi connectivity index (χ3v) is 5.76. The smallest absolute Gasteiger partial charge is 0.320 e. The molecule has 8 N–H and O–H groups in total. The lowest BCUT2D eigenvalue weighted by atomic mass is 9.88. The third-order valence-electron chi connectivity index (χ3n) is 5.76. The second-order valence-corrected chi connectivity index (χ2v) is 7.79. The molecule has 194 valence electrons. The Morgan fingerprint density at radius 2 is 1.29 bits per heavy atom. The first kappa shape index (κ1) is 34.1. The van der Waals surface area contributed by atoms with Gasteiger partial charge >= 0.3 is 5.97 Å². The number of piperidine rings is 1. The Kier molecular flexibility index (Phi) is 17.9. The van der Waals surface area contributed by atoms with Gasteiger partial charge in [0, 0.05) is 25.9 Å². The minimum absolute atomic E-state index is 0. The molecule has 8 heteroatoms. The van der Waals surface area contributed by atoms with Crippen LogP contribution in [0.4, 0.5) is 0 Å². The van der Waals surface area contributed by atoms with Crippen LogP contribution < -0.4 is 0 Å². The monoisotopic (exact) mass is 489 g/mol. The first-order valence-electron chi connectivity index (χ1n) is 11.0. The van der Waals surface area contributed by atoms with Gasteiger partial charge in [-0.25, -0.2) is 0 Å². The number of hydrogen-bond acceptors (Lipinski definition) is 4. The standard InChI is InChI=1S/C25H29NO3.C2H2.4H2O/c27-24(29-23-13-17-28-18-14-23)19-26-15-11-22(12-16-26)25(20-7-3-1-4-8-20)21-9-5-2-6-10-21;1-2;;;;/h1-10,23H,11-19H2;1-2H;4*1H2. The number of likely N-dealkylation sites (tertiary alicyclic amines) is 1. The molecular formula is C27H39NO7. The predicted octanol–water partition coefficient (Wildman–Crippen LogP) is 1.26. The van der Waals surface area contributed by atoms with Crippen LogP contribution in [0.15, 0.2) is 66.2 Å². The van der Waals surface area contributed by atoms with Crippen LogP contribution in [0.2, 0.25) is 0 Å². The van der Waals surface area contributed by atoms with E-state index in [0.717, 1.165) is 38.8 Å². The van der Waals surface area contributed by atoms with Gasteiger partial charge in [0.2, 0.25) is 0 Å². The second-order valence-electron chi connectivity index (χ2n) is 7.79. The molecule has 0 amide bonds. The van der Waals surface area contributed by atoms with Gasteiger partial charge in [0.25, 0.3) is 0 Å². The number of benzene rings is 2. The van der Waals surface area contributed by atoms with Crippen molar-refractivity contribution in [1.29, 1.82) is 0 Å².